The van der Waals surface area contributed by atoms with Gasteiger partial charge in [-0.3, -0.25) is 0 Å². The fourth-order valence-electron chi connectivity index (χ4n) is 2.00. The monoisotopic (exact) mass is 341 g/mol. The van der Waals surface area contributed by atoms with Crippen LogP contribution in [-0.4, -0.2) is 18.8 Å². The van der Waals surface area contributed by atoms with E-state index in [1.807, 2.05) is 12.1 Å². The van der Waals surface area contributed by atoms with Crippen LogP contribution < -0.4 is 15.2 Å². The third kappa shape index (κ3) is 4.05. The van der Waals surface area contributed by atoms with Crippen molar-refractivity contribution in [1.29, 1.82) is 0 Å². The molecule has 2 rings (SSSR count). The van der Waals surface area contributed by atoms with Crippen molar-refractivity contribution in [2.75, 3.05) is 13.7 Å². The Bertz CT molecular complexity index is 649. The lowest BCUT2D eigenvalue weighted by molar-refractivity contribution is 0.267. The molecule has 0 aliphatic heterocycles. The first kappa shape index (κ1) is 16.9. The summed E-state index contributed by atoms with van der Waals surface area (Å²) in [6, 6.07) is 10.1. The Morgan fingerprint density at radius 1 is 1.14 bits per heavy atom. The molecule has 4 nitrogen and oxygen atoms in total. The number of rotatable bonds is 6. The number of halogens is 2. The van der Waals surface area contributed by atoms with E-state index >= 15 is 0 Å². The number of aliphatic hydroxyl groups excluding tert-OH is 1. The van der Waals surface area contributed by atoms with Crippen LogP contribution in [0.25, 0.3) is 0 Å². The molecule has 0 fully saturated rings. The number of hydrogen-bond acceptors (Lipinski definition) is 4. The Kier molecular flexibility index (Phi) is 5.91. The summed E-state index contributed by atoms with van der Waals surface area (Å²) in [6.45, 7) is 0.131. The molecule has 1 atom stereocenters. The number of nitrogens with two attached hydrogens (primary N) is 1. The highest BCUT2D eigenvalue weighted by Crippen LogP contribution is 2.30. The zero-order chi connectivity index (χ0) is 16.1. The first-order valence-corrected chi connectivity index (χ1v) is 7.42. The molecule has 3 N–H and O–H groups in total. The van der Waals surface area contributed by atoms with Crippen LogP contribution in [0.4, 0.5) is 0 Å². The Morgan fingerprint density at radius 2 is 1.86 bits per heavy atom. The van der Waals surface area contributed by atoms with E-state index in [1.54, 1.807) is 31.4 Å². The maximum atomic E-state index is 9.16. The number of methoxy groups -OCH3 is 1. The summed E-state index contributed by atoms with van der Waals surface area (Å²) in [4.78, 5) is 0. The second-order valence-corrected chi connectivity index (χ2v) is 5.57. The van der Waals surface area contributed by atoms with E-state index in [0.717, 1.165) is 11.1 Å². The molecule has 0 bridgehead atoms. The summed E-state index contributed by atoms with van der Waals surface area (Å²) in [5.74, 6) is 1.21. The van der Waals surface area contributed by atoms with Crippen molar-refractivity contribution in [2.24, 2.45) is 5.73 Å². The van der Waals surface area contributed by atoms with Crippen LogP contribution in [0.2, 0.25) is 10.0 Å². The predicted molar refractivity (Wildman–Crippen MR) is 87.8 cm³/mol. The highest BCUT2D eigenvalue weighted by Gasteiger charge is 2.11. The smallest absolute Gasteiger partial charge is 0.138 e. The third-order valence-electron chi connectivity index (χ3n) is 3.21. The minimum Gasteiger partial charge on any atom is -0.496 e. The average Bonchev–Trinajstić information content (AvgIpc) is 2.53. The van der Waals surface area contributed by atoms with E-state index in [1.165, 1.54) is 0 Å². The maximum Gasteiger partial charge on any atom is 0.138 e. The number of ether oxygens (including phenoxy) is 2. The van der Waals surface area contributed by atoms with Gasteiger partial charge >= 0.3 is 0 Å². The van der Waals surface area contributed by atoms with Crippen molar-refractivity contribution in [3.63, 3.8) is 0 Å². The fourth-order valence-corrected chi connectivity index (χ4v) is 2.46. The quantitative estimate of drug-likeness (QED) is 0.842. The van der Waals surface area contributed by atoms with E-state index in [0.29, 0.717) is 21.5 Å². The minimum absolute atomic E-state index is 0.129. The van der Waals surface area contributed by atoms with Crippen LogP contribution in [0.5, 0.6) is 11.5 Å². The summed E-state index contributed by atoms with van der Waals surface area (Å²) in [5.41, 5.74) is 7.46. The fraction of sp³-hybridized carbons (Fsp3) is 0.250. The molecule has 118 valence electrons. The molecule has 0 aromatic heterocycles. The molecule has 6 heteroatoms. The molecular formula is C16H17Cl2NO3. The highest BCUT2D eigenvalue weighted by molar-refractivity contribution is 6.35. The van der Waals surface area contributed by atoms with Crippen LogP contribution in [0.15, 0.2) is 36.4 Å². The Labute approximate surface area is 139 Å². The lowest BCUT2D eigenvalue weighted by Crippen LogP contribution is -2.15. The zero-order valence-electron chi connectivity index (χ0n) is 12.1. The molecule has 0 saturated heterocycles. The molecule has 2 aromatic rings. The van der Waals surface area contributed by atoms with Crippen molar-refractivity contribution in [3.8, 4) is 11.5 Å². The molecule has 0 amide bonds. The standard InChI is InChI=1S/C16H17Cl2NO3/c1-21-15-4-2-10(14(19)8-20)6-11(15)9-22-16-5-3-12(17)7-13(16)18/h2-7,14,20H,8-9,19H2,1H3/t14-/m0/s1. The molecule has 0 saturated carbocycles. The summed E-state index contributed by atoms with van der Waals surface area (Å²) < 4.78 is 11.0. The van der Waals surface area contributed by atoms with Crippen molar-refractivity contribution in [2.45, 2.75) is 12.6 Å². The second kappa shape index (κ2) is 7.70. The minimum atomic E-state index is -0.441. The number of hydrogen-bond donors (Lipinski definition) is 2. The highest BCUT2D eigenvalue weighted by atomic mass is 35.5. The lowest BCUT2D eigenvalue weighted by Gasteiger charge is -2.15. The molecule has 0 unspecified atom stereocenters. The van der Waals surface area contributed by atoms with E-state index in [9.17, 15) is 0 Å². The molecular weight excluding hydrogens is 325 g/mol. The molecule has 0 spiro atoms. The molecule has 22 heavy (non-hydrogen) atoms. The maximum absolute atomic E-state index is 9.16. The van der Waals surface area contributed by atoms with Gasteiger partial charge in [0, 0.05) is 10.6 Å². The van der Waals surface area contributed by atoms with Gasteiger partial charge in [-0.15, -0.1) is 0 Å². The van der Waals surface area contributed by atoms with Gasteiger partial charge in [0.25, 0.3) is 0 Å². The first-order valence-electron chi connectivity index (χ1n) is 6.66. The Balaban J connectivity index is 2.20. The largest absolute Gasteiger partial charge is 0.496 e. The van der Waals surface area contributed by atoms with Crippen LogP contribution in [-0.2, 0) is 6.61 Å². The molecule has 0 aliphatic carbocycles. The van der Waals surface area contributed by atoms with Crippen LogP contribution in [0, 0.1) is 0 Å². The van der Waals surface area contributed by atoms with Crippen molar-refractivity contribution in [1.82, 2.24) is 0 Å². The topological polar surface area (TPSA) is 64.7 Å². The van der Waals surface area contributed by atoms with Gasteiger partial charge in [0.2, 0.25) is 0 Å². The van der Waals surface area contributed by atoms with Gasteiger partial charge in [-0.05, 0) is 35.9 Å². The molecule has 0 radical (unpaired) electrons. The number of benzene rings is 2. The van der Waals surface area contributed by atoms with E-state index < -0.39 is 6.04 Å². The SMILES string of the molecule is COc1ccc([C@@H](N)CO)cc1COc1ccc(Cl)cc1Cl. The Hall–Kier alpha value is -1.46. The van der Waals surface area contributed by atoms with E-state index in [2.05, 4.69) is 0 Å². The average molecular weight is 342 g/mol. The van der Waals surface area contributed by atoms with Gasteiger partial charge in [-0.2, -0.15) is 0 Å². The van der Waals surface area contributed by atoms with Crippen molar-refractivity contribution < 1.29 is 14.6 Å². The normalized spacial score (nSPS) is 12.0. The molecule has 0 heterocycles. The van der Waals surface area contributed by atoms with Gasteiger partial charge in [0.05, 0.1) is 24.8 Å². The van der Waals surface area contributed by atoms with Gasteiger partial charge in [-0.1, -0.05) is 29.3 Å². The zero-order valence-corrected chi connectivity index (χ0v) is 13.6. The number of aliphatic hydroxyl groups is 1. The summed E-state index contributed by atoms with van der Waals surface area (Å²) in [7, 11) is 1.58. The van der Waals surface area contributed by atoms with Crippen LogP contribution in [0.3, 0.4) is 0 Å². The Morgan fingerprint density at radius 3 is 2.50 bits per heavy atom. The van der Waals surface area contributed by atoms with Gasteiger partial charge < -0.3 is 20.3 Å². The van der Waals surface area contributed by atoms with E-state index in [-0.39, 0.29) is 13.2 Å². The van der Waals surface area contributed by atoms with Crippen molar-refractivity contribution >= 4 is 23.2 Å². The van der Waals surface area contributed by atoms with Crippen LogP contribution in [0.1, 0.15) is 17.2 Å². The first-order chi connectivity index (χ1) is 10.5. The van der Waals surface area contributed by atoms with Gasteiger partial charge in [0.15, 0.2) is 0 Å². The summed E-state index contributed by atoms with van der Waals surface area (Å²) in [5, 5.41) is 10.1. The molecule has 2 aromatic carbocycles. The summed E-state index contributed by atoms with van der Waals surface area (Å²) >= 11 is 11.9. The van der Waals surface area contributed by atoms with Crippen molar-refractivity contribution in [3.05, 3.63) is 57.6 Å². The van der Waals surface area contributed by atoms with Gasteiger partial charge in [0.1, 0.15) is 18.1 Å². The van der Waals surface area contributed by atoms with Crippen LogP contribution >= 0.6 is 23.2 Å². The van der Waals surface area contributed by atoms with Gasteiger partial charge in [-0.25, -0.2) is 0 Å². The lowest BCUT2D eigenvalue weighted by atomic mass is 10.0. The third-order valence-corrected chi connectivity index (χ3v) is 3.74. The molecule has 0 aliphatic rings. The van der Waals surface area contributed by atoms with E-state index in [4.69, 9.17) is 43.5 Å². The summed E-state index contributed by atoms with van der Waals surface area (Å²) in [6.07, 6.45) is 0. The second-order valence-electron chi connectivity index (χ2n) is 4.72. The predicted octanol–water partition coefficient (Wildman–Crippen LogP) is 3.57.